The molecule has 1 atom stereocenters. The molecule has 0 saturated carbocycles. The molecule has 0 spiro atoms. The maximum atomic E-state index is 13.2. The summed E-state index contributed by atoms with van der Waals surface area (Å²) in [6, 6.07) is 6.32. The molecule has 0 aliphatic carbocycles. The van der Waals surface area contributed by atoms with Gasteiger partial charge in [0.15, 0.2) is 0 Å². The van der Waals surface area contributed by atoms with Crippen molar-refractivity contribution in [2.24, 2.45) is 0 Å². The van der Waals surface area contributed by atoms with Crippen molar-refractivity contribution in [1.82, 2.24) is 9.97 Å². The van der Waals surface area contributed by atoms with Crippen LogP contribution in [-0.4, -0.2) is 45.6 Å². The van der Waals surface area contributed by atoms with E-state index < -0.39 is 29.4 Å². The molecule has 2 heterocycles. The van der Waals surface area contributed by atoms with Crippen LogP contribution in [0.15, 0.2) is 41.6 Å². The zero-order valence-electron chi connectivity index (χ0n) is 14.6. The highest BCUT2D eigenvalue weighted by Gasteiger charge is 2.57. The van der Waals surface area contributed by atoms with Crippen LogP contribution in [0, 0.1) is 0 Å². The number of nitrogens with zero attached hydrogens (tertiary/aromatic N) is 3. The molecule has 0 aliphatic rings. The molecule has 27 heavy (non-hydrogen) atoms. The van der Waals surface area contributed by atoms with Crippen LogP contribution in [-0.2, 0) is 17.2 Å². The normalized spacial score (nSPS) is 13.4. The first-order valence-electron chi connectivity index (χ1n) is 7.98. The lowest BCUT2D eigenvalue weighted by Gasteiger charge is -2.26. The molecule has 2 rings (SSSR count). The summed E-state index contributed by atoms with van der Waals surface area (Å²) in [4.78, 5) is 9.70. The average Bonchev–Trinajstić information content (AvgIpc) is 2.60. The van der Waals surface area contributed by atoms with Crippen LogP contribution in [0.2, 0.25) is 0 Å². The van der Waals surface area contributed by atoms with Crippen molar-refractivity contribution >= 4 is 16.5 Å². The molecule has 2 aromatic rings. The highest BCUT2D eigenvalue weighted by molar-refractivity contribution is 7.85. The van der Waals surface area contributed by atoms with Crippen molar-refractivity contribution < 1.29 is 26.2 Å². The van der Waals surface area contributed by atoms with Crippen LogP contribution >= 0.6 is 0 Å². The minimum atomic E-state index is -5.61. The summed E-state index contributed by atoms with van der Waals surface area (Å²) in [6.45, 7) is 0.282. The van der Waals surface area contributed by atoms with Crippen LogP contribution in [0.25, 0.3) is 0 Å². The Morgan fingerprint density at radius 3 is 2.37 bits per heavy atom. The maximum absolute atomic E-state index is 13.2. The third-order valence-corrected chi connectivity index (χ3v) is 5.19. The van der Waals surface area contributed by atoms with Gasteiger partial charge in [0.2, 0.25) is 0 Å². The van der Waals surface area contributed by atoms with Gasteiger partial charge < -0.3 is 4.90 Å². The molecule has 10 heteroatoms. The molecule has 0 saturated heterocycles. The van der Waals surface area contributed by atoms with E-state index in [1.54, 1.807) is 25.3 Å². The SMILES string of the molecule is CCS(=O)c1cccnc1Cc1ccc(N(C)CC(F)(F)C(F)(F)F)cn1. The van der Waals surface area contributed by atoms with Gasteiger partial charge in [0.25, 0.3) is 0 Å². The summed E-state index contributed by atoms with van der Waals surface area (Å²) in [5.41, 5.74) is 1.23. The lowest BCUT2D eigenvalue weighted by atomic mass is 10.2. The first-order chi connectivity index (χ1) is 12.5. The molecule has 0 N–H and O–H groups in total. The first-order valence-corrected chi connectivity index (χ1v) is 9.30. The molecule has 1 unspecified atom stereocenters. The van der Waals surface area contributed by atoms with E-state index in [0.29, 0.717) is 22.0 Å². The van der Waals surface area contributed by atoms with E-state index >= 15 is 0 Å². The third-order valence-electron chi connectivity index (χ3n) is 3.80. The molecule has 0 amide bonds. The third kappa shape index (κ3) is 5.21. The number of hydrogen-bond donors (Lipinski definition) is 0. The molecular formula is C17H18F5N3OS. The zero-order chi connectivity index (χ0) is 20.2. The summed E-state index contributed by atoms with van der Waals surface area (Å²) < 4.78 is 75.4. The molecule has 0 fully saturated rings. The Kier molecular flexibility index (Phi) is 6.50. The molecule has 2 aromatic heterocycles. The quantitative estimate of drug-likeness (QED) is 0.655. The van der Waals surface area contributed by atoms with Gasteiger partial charge in [-0.3, -0.25) is 14.2 Å². The van der Waals surface area contributed by atoms with Gasteiger partial charge in [-0.05, 0) is 24.3 Å². The van der Waals surface area contributed by atoms with E-state index in [1.165, 1.54) is 18.3 Å². The number of halogens is 5. The molecule has 4 nitrogen and oxygen atoms in total. The van der Waals surface area contributed by atoms with Crippen LogP contribution < -0.4 is 4.90 Å². The number of aromatic nitrogens is 2. The van der Waals surface area contributed by atoms with Gasteiger partial charge in [0, 0.05) is 31.1 Å². The second-order valence-electron chi connectivity index (χ2n) is 5.83. The van der Waals surface area contributed by atoms with Gasteiger partial charge in [-0.1, -0.05) is 6.92 Å². The Morgan fingerprint density at radius 2 is 1.81 bits per heavy atom. The van der Waals surface area contributed by atoms with Gasteiger partial charge in [-0.2, -0.15) is 22.0 Å². The van der Waals surface area contributed by atoms with E-state index in [2.05, 4.69) is 9.97 Å². The van der Waals surface area contributed by atoms with Crippen molar-refractivity contribution in [2.45, 2.75) is 30.3 Å². The monoisotopic (exact) mass is 407 g/mol. The Bertz CT molecular complexity index is 796. The molecular weight excluding hydrogens is 389 g/mol. The number of hydrogen-bond acceptors (Lipinski definition) is 4. The Labute approximate surface area is 155 Å². The van der Waals surface area contributed by atoms with Gasteiger partial charge in [-0.25, -0.2) is 0 Å². The van der Waals surface area contributed by atoms with Gasteiger partial charge >= 0.3 is 12.1 Å². The maximum Gasteiger partial charge on any atom is 0.455 e. The van der Waals surface area contributed by atoms with Crippen LogP contribution in [0.5, 0.6) is 0 Å². The second-order valence-corrected chi connectivity index (χ2v) is 7.53. The summed E-state index contributed by atoms with van der Waals surface area (Å²) >= 11 is 0. The van der Waals surface area contributed by atoms with Crippen molar-refractivity contribution in [2.75, 3.05) is 24.2 Å². The molecule has 148 valence electrons. The van der Waals surface area contributed by atoms with E-state index in [4.69, 9.17) is 0 Å². The van der Waals surface area contributed by atoms with Crippen molar-refractivity contribution in [3.8, 4) is 0 Å². The lowest BCUT2D eigenvalue weighted by molar-refractivity contribution is -0.276. The van der Waals surface area contributed by atoms with Gasteiger partial charge in [0.05, 0.1) is 39.8 Å². The largest absolute Gasteiger partial charge is 0.455 e. The Balaban J connectivity index is 2.13. The van der Waals surface area contributed by atoms with Gasteiger partial charge in [-0.15, -0.1) is 0 Å². The van der Waals surface area contributed by atoms with Crippen molar-refractivity contribution in [3.63, 3.8) is 0 Å². The number of anilines is 1. The van der Waals surface area contributed by atoms with Crippen LogP contribution in [0.1, 0.15) is 18.3 Å². The van der Waals surface area contributed by atoms with E-state index in [1.807, 2.05) is 0 Å². The lowest BCUT2D eigenvalue weighted by Crippen LogP contribution is -2.46. The number of pyridine rings is 2. The standard InChI is InChI=1S/C17H18F5N3OS/c1-3-27(26)15-5-4-8-23-14(15)9-12-6-7-13(10-24-12)25(2)11-16(18,19)17(20,21)22/h4-8,10H,3,9,11H2,1-2H3. The predicted molar refractivity (Wildman–Crippen MR) is 92.5 cm³/mol. The zero-order valence-corrected chi connectivity index (χ0v) is 15.4. The second kappa shape index (κ2) is 8.28. The average molecular weight is 407 g/mol. The molecule has 0 aliphatic heterocycles. The summed E-state index contributed by atoms with van der Waals surface area (Å²) in [7, 11) is -0.0592. The van der Waals surface area contributed by atoms with Crippen LogP contribution in [0.3, 0.4) is 0 Å². The van der Waals surface area contributed by atoms with E-state index in [-0.39, 0.29) is 12.1 Å². The van der Waals surface area contributed by atoms with Crippen LogP contribution in [0.4, 0.5) is 27.6 Å². The van der Waals surface area contributed by atoms with Gasteiger partial charge in [0.1, 0.15) is 0 Å². The molecule has 0 bridgehead atoms. The summed E-state index contributed by atoms with van der Waals surface area (Å²) in [6.07, 6.45) is -2.56. The smallest absolute Gasteiger partial charge is 0.367 e. The van der Waals surface area contributed by atoms with E-state index in [0.717, 1.165) is 11.9 Å². The first kappa shape index (κ1) is 21.2. The molecule has 0 aromatic carbocycles. The Hall–Kier alpha value is -2.10. The fourth-order valence-electron chi connectivity index (χ4n) is 2.32. The highest BCUT2D eigenvalue weighted by atomic mass is 32.2. The number of rotatable bonds is 7. The summed E-state index contributed by atoms with van der Waals surface area (Å²) in [5, 5.41) is 0. The Morgan fingerprint density at radius 1 is 1.11 bits per heavy atom. The van der Waals surface area contributed by atoms with E-state index in [9.17, 15) is 26.2 Å². The van der Waals surface area contributed by atoms with Crippen molar-refractivity contribution in [3.05, 3.63) is 48.0 Å². The predicted octanol–water partition coefficient (Wildman–Crippen LogP) is 3.83. The highest BCUT2D eigenvalue weighted by Crippen LogP contribution is 2.36. The van der Waals surface area contributed by atoms with Crippen molar-refractivity contribution in [1.29, 1.82) is 0 Å². The number of alkyl halides is 5. The summed E-state index contributed by atoms with van der Waals surface area (Å²) in [5.74, 6) is -4.39. The molecule has 0 radical (unpaired) electrons. The minimum absolute atomic E-state index is 0.126. The fraction of sp³-hybridized carbons (Fsp3) is 0.412. The fourth-order valence-corrected chi connectivity index (χ4v) is 3.25. The minimum Gasteiger partial charge on any atom is -0.367 e. The topological polar surface area (TPSA) is 46.1 Å².